The molecule has 3 N–H and O–H groups in total. The highest BCUT2D eigenvalue weighted by Gasteiger charge is 2.26. The molecule has 1 saturated heterocycles. The van der Waals surface area contributed by atoms with E-state index in [1.165, 1.54) is 0 Å². The minimum Gasteiger partial charge on any atom is -0.330 e. The summed E-state index contributed by atoms with van der Waals surface area (Å²) < 4.78 is 0. The Hall–Kier alpha value is -0.610. The number of hydrogen-bond acceptors (Lipinski definition) is 3. The minimum atomic E-state index is 0.204. The molecule has 0 aromatic heterocycles. The van der Waals surface area contributed by atoms with E-state index in [2.05, 4.69) is 12.3 Å². The van der Waals surface area contributed by atoms with Crippen molar-refractivity contribution >= 4 is 5.91 Å². The molecular weight excluding hydrogens is 154 g/mol. The van der Waals surface area contributed by atoms with E-state index < -0.39 is 0 Å². The van der Waals surface area contributed by atoms with E-state index in [0.29, 0.717) is 19.0 Å². The van der Waals surface area contributed by atoms with Crippen LogP contribution in [0.4, 0.5) is 0 Å². The van der Waals surface area contributed by atoms with Crippen molar-refractivity contribution in [2.24, 2.45) is 5.73 Å². The average Bonchev–Trinajstić information content (AvgIpc) is 2.43. The number of nitrogens with zero attached hydrogens (tertiary/aromatic N) is 1. The second-order valence-corrected chi connectivity index (χ2v) is 3.13. The van der Waals surface area contributed by atoms with Gasteiger partial charge in [-0.3, -0.25) is 9.80 Å². The van der Waals surface area contributed by atoms with Gasteiger partial charge in [0.15, 0.2) is 0 Å². The summed E-state index contributed by atoms with van der Waals surface area (Å²) in [7, 11) is 0. The van der Waals surface area contributed by atoms with Crippen molar-refractivity contribution in [1.82, 2.24) is 10.4 Å². The average molecular weight is 171 g/mol. The molecule has 4 heteroatoms. The Bertz CT molecular complexity index is 160. The Labute approximate surface area is 73.1 Å². The summed E-state index contributed by atoms with van der Waals surface area (Å²) in [5, 5.41) is 1.70. The standard InChI is InChI=1S/C8H17N3O/c1-2-7-6-8(12)11(10-7)5-3-4-9/h7,10H,2-6,9H2,1H3. The van der Waals surface area contributed by atoms with Crippen LogP contribution in [-0.2, 0) is 4.79 Å². The fraction of sp³-hybridized carbons (Fsp3) is 0.875. The summed E-state index contributed by atoms with van der Waals surface area (Å²) in [5.74, 6) is 0.204. The summed E-state index contributed by atoms with van der Waals surface area (Å²) in [6.45, 7) is 3.46. The molecule has 1 rings (SSSR count). The maximum Gasteiger partial charge on any atom is 0.238 e. The zero-order valence-electron chi connectivity index (χ0n) is 7.55. The number of nitrogens with one attached hydrogen (secondary N) is 1. The summed E-state index contributed by atoms with van der Waals surface area (Å²) in [4.78, 5) is 11.3. The number of hydrogen-bond donors (Lipinski definition) is 2. The monoisotopic (exact) mass is 171 g/mol. The van der Waals surface area contributed by atoms with Gasteiger partial charge in [-0.05, 0) is 19.4 Å². The molecule has 0 aromatic carbocycles. The van der Waals surface area contributed by atoms with Crippen LogP contribution < -0.4 is 11.2 Å². The van der Waals surface area contributed by atoms with E-state index in [1.807, 2.05) is 0 Å². The predicted molar refractivity (Wildman–Crippen MR) is 47.2 cm³/mol. The first-order valence-corrected chi connectivity index (χ1v) is 4.54. The molecule has 1 fully saturated rings. The second-order valence-electron chi connectivity index (χ2n) is 3.13. The van der Waals surface area contributed by atoms with Gasteiger partial charge in [-0.1, -0.05) is 6.92 Å². The molecule has 0 saturated carbocycles. The third-order valence-electron chi connectivity index (χ3n) is 2.14. The first-order chi connectivity index (χ1) is 5.77. The topological polar surface area (TPSA) is 58.4 Å². The minimum absolute atomic E-state index is 0.204. The molecule has 0 aromatic rings. The lowest BCUT2D eigenvalue weighted by Gasteiger charge is -2.16. The third-order valence-corrected chi connectivity index (χ3v) is 2.14. The largest absolute Gasteiger partial charge is 0.330 e. The van der Waals surface area contributed by atoms with Gasteiger partial charge in [-0.15, -0.1) is 0 Å². The number of carbonyl (C=O) groups is 1. The molecule has 1 aliphatic heterocycles. The van der Waals surface area contributed by atoms with Gasteiger partial charge in [0, 0.05) is 19.0 Å². The van der Waals surface area contributed by atoms with Crippen LogP contribution in [-0.4, -0.2) is 30.0 Å². The number of carbonyl (C=O) groups excluding carboxylic acids is 1. The molecule has 1 unspecified atom stereocenters. The van der Waals surface area contributed by atoms with E-state index in [0.717, 1.165) is 19.4 Å². The summed E-state index contributed by atoms with van der Waals surface area (Å²) in [6.07, 6.45) is 2.51. The van der Waals surface area contributed by atoms with Crippen molar-refractivity contribution in [3.8, 4) is 0 Å². The molecule has 0 aliphatic carbocycles. The maximum atomic E-state index is 11.3. The van der Waals surface area contributed by atoms with Gasteiger partial charge in [0.05, 0.1) is 0 Å². The van der Waals surface area contributed by atoms with Crippen LogP contribution in [0.25, 0.3) is 0 Å². The zero-order valence-corrected chi connectivity index (χ0v) is 7.55. The Balaban J connectivity index is 2.31. The normalized spacial score (nSPS) is 23.7. The Morgan fingerprint density at radius 1 is 1.75 bits per heavy atom. The van der Waals surface area contributed by atoms with E-state index in [1.54, 1.807) is 5.01 Å². The van der Waals surface area contributed by atoms with Gasteiger partial charge < -0.3 is 5.73 Å². The lowest BCUT2D eigenvalue weighted by molar-refractivity contribution is -0.129. The van der Waals surface area contributed by atoms with E-state index in [-0.39, 0.29) is 5.91 Å². The molecule has 4 nitrogen and oxygen atoms in total. The SMILES string of the molecule is CCC1CC(=O)N(CCCN)N1. The molecule has 1 atom stereocenters. The maximum absolute atomic E-state index is 11.3. The fourth-order valence-electron chi connectivity index (χ4n) is 1.33. The molecule has 0 radical (unpaired) electrons. The van der Waals surface area contributed by atoms with Crippen LogP contribution in [0.2, 0.25) is 0 Å². The van der Waals surface area contributed by atoms with E-state index >= 15 is 0 Å². The second kappa shape index (κ2) is 4.42. The molecule has 0 bridgehead atoms. The smallest absolute Gasteiger partial charge is 0.238 e. The molecule has 0 spiro atoms. The van der Waals surface area contributed by atoms with Crippen LogP contribution in [0.1, 0.15) is 26.2 Å². The fourth-order valence-corrected chi connectivity index (χ4v) is 1.33. The summed E-state index contributed by atoms with van der Waals surface area (Å²) in [5.41, 5.74) is 8.51. The molecule has 12 heavy (non-hydrogen) atoms. The summed E-state index contributed by atoms with van der Waals surface area (Å²) >= 11 is 0. The number of rotatable bonds is 4. The van der Waals surface area contributed by atoms with Gasteiger partial charge in [-0.2, -0.15) is 0 Å². The lowest BCUT2D eigenvalue weighted by Crippen LogP contribution is -2.38. The highest BCUT2D eigenvalue weighted by molar-refractivity contribution is 5.78. The number of nitrogens with two attached hydrogens (primary N) is 1. The highest BCUT2D eigenvalue weighted by Crippen LogP contribution is 2.09. The van der Waals surface area contributed by atoms with Crippen LogP contribution in [0.5, 0.6) is 0 Å². The van der Waals surface area contributed by atoms with Crippen molar-refractivity contribution in [2.45, 2.75) is 32.2 Å². The summed E-state index contributed by atoms with van der Waals surface area (Å²) in [6, 6.07) is 0.343. The van der Waals surface area contributed by atoms with Crippen LogP contribution in [0.15, 0.2) is 0 Å². The molecular formula is C8H17N3O. The molecule has 1 amide bonds. The Kier molecular flexibility index (Phi) is 3.49. The van der Waals surface area contributed by atoms with Crippen molar-refractivity contribution in [3.63, 3.8) is 0 Å². The van der Waals surface area contributed by atoms with Gasteiger partial charge in [0.25, 0.3) is 0 Å². The zero-order chi connectivity index (χ0) is 8.97. The molecule has 70 valence electrons. The molecule has 1 aliphatic rings. The number of amides is 1. The first kappa shape index (κ1) is 9.48. The van der Waals surface area contributed by atoms with Crippen LogP contribution in [0, 0.1) is 0 Å². The van der Waals surface area contributed by atoms with E-state index in [4.69, 9.17) is 5.73 Å². The van der Waals surface area contributed by atoms with Crippen molar-refractivity contribution in [3.05, 3.63) is 0 Å². The predicted octanol–water partition coefficient (Wildman–Crippen LogP) is -0.149. The van der Waals surface area contributed by atoms with Gasteiger partial charge >= 0.3 is 0 Å². The Morgan fingerprint density at radius 2 is 2.50 bits per heavy atom. The number of hydrazine groups is 1. The van der Waals surface area contributed by atoms with Gasteiger partial charge in [0.2, 0.25) is 5.91 Å². The lowest BCUT2D eigenvalue weighted by atomic mass is 10.2. The van der Waals surface area contributed by atoms with Gasteiger partial charge in [0.1, 0.15) is 0 Å². The van der Waals surface area contributed by atoms with Crippen LogP contribution in [0.3, 0.4) is 0 Å². The first-order valence-electron chi connectivity index (χ1n) is 4.54. The van der Waals surface area contributed by atoms with Crippen LogP contribution >= 0.6 is 0 Å². The van der Waals surface area contributed by atoms with Gasteiger partial charge in [-0.25, -0.2) is 5.43 Å². The van der Waals surface area contributed by atoms with Crippen molar-refractivity contribution < 1.29 is 4.79 Å². The Morgan fingerprint density at radius 3 is 3.00 bits per heavy atom. The highest BCUT2D eigenvalue weighted by atomic mass is 16.2. The van der Waals surface area contributed by atoms with E-state index in [9.17, 15) is 4.79 Å². The third kappa shape index (κ3) is 2.19. The molecule has 1 heterocycles. The van der Waals surface area contributed by atoms with Crippen molar-refractivity contribution in [1.29, 1.82) is 0 Å². The van der Waals surface area contributed by atoms with Crippen molar-refractivity contribution in [2.75, 3.05) is 13.1 Å². The quantitative estimate of drug-likeness (QED) is 0.618.